The molecule has 336 valence electrons. The van der Waals surface area contributed by atoms with Crippen LogP contribution in [0.1, 0.15) is 137 Å². The van der Waals surface area contributed by atoms with Crippen LogP contribution in [0.5, 0.6) is 11.5 Å². The van der Waals surface area contributed by atoms with Crippen molar-refractivity contribution in [3.05, 3.63) is 202 Å². The Kier molecular flexibility index (Phi) is 12.5. The van der Waals surface area contributed by atoms with Crippen LogP contribution in [0.15, 0.2) is 134 Å². The molecule has 8 aromatic rings. The fourth-order valence-corrected chi connectivity index (χ4v) is 9.85. The van der Waals surface area contributed by atoms with Crippen molar-refractivity contribution in [2.75, 3.05) is 0 Å². The van der Waals surface area contributed by atoms with Gasteiger partial charge in [-0.05, 0) is 116 Å². The fourth-order valence-electron chi connectivity index (χ4n) is 9.85. The van der Waals surface area contributed by atoms with E-state index in [9.17, 15) is 0 Å². The van der Waals surface area contributed by atoms with Crippen LogP contribution in [0.4, 0.5) is 0 Å². The molecule has 0 N–H and O–H groups in total. The van der Waals surface area contributed by atoms with E-state index in [4.69, 9.17) is 20.0 Å². The second-order valence-corrected chi connectivity index (χ2v) is 20.6. The molecule has 6 aromatic carbocycles. The van der Waals surface area contributed by atoms with Crippen molar-refractivity contribution in [1.82, 2.24) is 20.0 Å². The summed E-state index contributed by atoms with van der Waals surface area (Å²) in [4.78, 5) is 5.18. The number of benzene rings is 6. The van der Waals surface area contributed by atoms with Gasteiger partial charge in [0.25, 0.3) is 0 Å². The molecule has 5 nitrogen and oxygen atoms in total. The summed E-state index contributed by atoms with van der Waals surface area (Å²) in [7, 11) is 0. The second-order valence-electron chi connectivity index (χ2n) is 20.6. The molecule has 0 unspecified atom stereocenters. The van der Waals surface area contributed by atoms with Crippen LogP contribution < -0.4 is 4.74 Å². The molecule has 0 saturated carbocycles. The quantitative estimate of drug-likeness (QED) is 0.135. The monoisotopic (exact) mass is 1050 g/mol. The summed E-state index contributed by atoms with van der Waals surface area (Å²) >= 11 is 0. The van der Waals surface area contributed by atoms with Crippen molar-refractivity contribution in [3.63, 3.8) is 0 Å². The standard InChI is InChI=1S/C60H60N4O.Pt/c1-37(2)48-22-17-23-49(38(3)4)57(48)54-36-64(63-62-54)45-30-41(56-39(5)18-15-19-40(56)6)31-47(35-45)65-46-21-16-20-44(32-46)60(55-24-13-14-29-61-55)52-33-42(58(7,8)9)25-27-50(52)51-28-26-43(34-53(51)60)59(10,11)12;/h13-31,33-34,36-38H,1-12H3;/q-2;+2. The minimum absolute atomic E-state index is 0. The molecule has 2 aromatic heterocycles. The number of pyridine rings is 1. The van der Waals surface area contributed by atoms with Crippen LogP contribution in [0.3, 0.4) is 0 Å². The first-order valence-corrected chi connectivity index (χ1v) is 23.1. The summed E-state index contributed by atoms with van der Waals surface area (Å²) in [6.07, 6.45) is 3.94. The SMILES string of the molecule is Cc1cccc(C)c1-c1cc(Oc2[c-]c(C3(c4ccccn4)c4cc(C(C)(C)C)ccc4-c4ccc(C(C)(C)C)cc43)ccc2)[c-]c(-n2cc(-c3c(C(C)C)cccc3C(C)C)nn2)c1.[Pt+2]. The van der Waals surface area contributed by atoms with Crippen LogP contribution in [0.25, 0.3) is 39.2 Å². The Morgan fingerprint density at radius 1 is 0.606 bits per heavy atom. The first kappa shape index (κ1) is 46.6. The Morgan fingerprint density at radius 3 is 1.76 bits per heavy atom. The van der Waals surface area contributed by atoms with Gasteiger partial charge in [-0.3, -0.25) is 4.98 Å². The zero-order valence-electron chi connectivity index (χ0n) is 40.4. The number of hydrogen-bond donors (Lipinski definition) is 0. The average Bonchev–Trinajstić information content (AvgIpc) is 3.87. The maximum absolute atomic E-state index is 6.99. The summed E-state index contributed by atoms with van der Waals surface area (Å²) in [5, 5.41) is 9.57. The predicted octanol–water partition coefficient (Wildman–Crippen LogP) is 15.2. The van der Waals surface area contributed by atoms with Gasteiger partial charge in [0.05, 0.1) is 17.3 Å². The van der Waals surface area contributed by atoms with Crippen molar-refractivity contribution < 1.29 is 25.8 Å². The summed E-state index contributed by atoms with van der Waals surface area (Å²) in [5.41, 5.74) is 18.1. The van der Waals surface area contributed by atoms with Gasteiger partial charge in [-0.2, -0.15) is 12.1 Å². The summed E-state index contributed by atoms with van der Waals surface area (Å²) in [5.74, 6) is 1.78. The van der Waals surface area contributed by atoms with Gasteiger partial charge >= 0.3 is 21.1 Å². The van der Waals surface area contributed by atoms with Crippen LogP contribution in [0, 0.1) is 26.0 Å². The molecule has 1 aliphatic carbocycles. The fraction of sp³-hybridized carbons (Fsp3) is 0.283. The number of fused-ring (bicyclic) bond motifs is 3. The van der Waals surface area contributed by atoms with Crippen molar-refractivity contribution in [2.24, 2.45) is 0 Å². The minimum atomic E-state index is -0.777. The summed E-state index contributed by atoms with van der Waals surface area (Å²) in [6.45, 7) is 26.9. The van der Waals surface area contributed by atoms with E-state index in [1.54, 1.807) is 0 Å². The van der Waals surface area contributed by atoms with Crippen molar-refractivity contribution >= 4 is 0 Å². The van der Waals surface area contributed by atoms with Crippen LogP contribution in [0.2, 0.25) is 0 Å². The van der Waals surface area contributed by atoms with E-state index in [-0.39, 0.29) is 31.9 Å². The topological polar surface area (TPSA) is 52.8 Å². The average molecular weight is 1050 g/mol. The molecule has 0 aliphatic heterocycles. The van der Waals surface area contributed by atoms with Gasteiger partial charge in [0.15, 0.2) is 0 Å². The van der Waals surface area contributed by atoms with E-state index >= 15 is 0 Å². The molecule has 66 heavy (non-hydrogen) atoms. The Hall–Kier alpha value is -5.90. The number of nitrogens with zero attached hydrogens (tertiary/aromatic N) is 4. The van der Waals surface area contributed by atoms with Crippen molar-refractivity contribution in [1.29, 1.82) is 0 Å². The third-order valence-corrected chi connectivity index (χ3v) is 13.3. The molecular formula is C60H60N4OPt. The van der Waals surface area contributed by atoms with Crippen LogP contribution in [-0.2, 0) is 37.3 Å². The van der Waals surface area contributed by atoms with Crippen LogP contribution >= 0.6 is 0 Å². The van der Waals surface area contributed by atoms with E-state index in [1.165, 1.54) is 55.6 Å². The van der Waals surface area contributed by atoms with E-state index < -0.39 is 5.41 Å². The van der Waals surface area contributed by atoms with Gasteiger partial charge in [0.2, 0.25) is 0 Å². The Morgan fingerprint density at radius 2 is 1.20 bits per heavy atom. The molecule has 0 amide bonds. The Bertz CT molecular complexity index is 2960. The number of aromatic nitrogens is 4. The third-order valence-electron chi connectivity index (χ3n) is 13.3. The molecule has 2 heterocycles. The van der Waals surface area contributed by atoms with Gasteiger partial charge in [0, 0.05) is 23.3 Å². The summed E-state index contributed by atoms with van der Waals surface area (Å²) < 4.78 is 8.83. The van der Waals surface area contributed by atoms with Crippen molar-refractivity contribution in [3.8, 4) is 50.7 Å². The summed E-state index contributed by atoms with van der Waals surface area (Å²) in [6, 6.07) is 51.2. The first-order valence-electron chi connectivity index (χ1n) is 23.1. The molecule has 0 fully saturated rings. The van der Waals surface area contributed by atoms with Crippen LogP contribution in [-0.4, -0.2) is 20.0 Å². The normalized spacial score (nSPS) is 13.1. The molecule has 9 rings (SSSR count). The molecular weight excluding hydrogens is 988 g/mol. The zero-order chi connectivity index (χ0) is 46.0. The predicted molar refractivity (Wildman–Crippen MR) is 267 cm³/mol. The molecule has 0 radical (unpaired) electrons. The third kappa shape index (κ3) is 8.30. The maximum atomic E-state index is 6.99. The number of aryl methyl sites for hydroxylation is 2. The second kappa shape index (κ2) is 17.7. The molecule has 1 aliphatic rings. The largest absolute Gasteiger partial charge is 2.00 e. The van der Waals surface area contributed by atoms with Gasteiger partial charge in [-0.25, -0.2) is 4.68 Å². The van der Waals surface area contributed by atoms with Gasteiger partial charge in [-0.1, -0.05) is 153 Å². The zero-order valence-corrected chi connectivity index (χ0v) is 42.6. The molecule has 0 saturated heterocycles. The number of hydrogen-bond acceptors (Lipinski definition) is 4. The van der Waals surface area contributed by atoms with Gasteiger partial charge < -0.3 is 4.74 Å². The Balaban J connectivity index is 0.00000592. The molecule has 0 spiro atoms. The maximum Gasteiger partial charge on any atom is 2.00 e. The van der Waals surface area contributed by atoms with Gasteiger partial charge in [-0.15, -0.1) is 46.6 Å². The van der Waals surface area contributed by atoms with Crippen molar-refractivity contribution in [2.45, 2.75) is 111 Å². The van der Waals surface area contributed by atoms with Gasteiger partial charge in [0.1, 0.15) is 5.69 Å². The minimum Gasteiger partial charge on any atom is -0.509 e. The number of rotatable bonds is 9. The van der Waals surface area contributed by atoms with E-state index in [2.05, 4.69) is 204 Å². The molecule has 0 bridgehead atoms. The van der Waals surface area contributed by atoms with E-state index in [0.717, 1.165) is 39.3 Å². The molecule has 6 heteroatoms. The van der Waals surface area contributed by atoms with E-state index in [0.29, 0.717) is 23.3 Å². The molecule has 0 atom stereocenters. The number of ether oxygens (including phenoxy) is 1. The first-order chi connectivity index (χ1) is 30.9. The van der Waals surface area contributed by atoms with E-state index in [1.807, 2.05) is 29.2 Å². The smallest absolute Gasteiger partial charge is 0.509 e. The Labute approximate surface area is 407 Å².